The lowest BCUT2D eigenvalue weighted by molar-refractivity contribution is -0.109. The molecule has 14 heavy (non-hydrogen) atoms. The van der Waals surface area contributed by atoms with Crippen molar-refractivity contribution >= 4 is 18.3 Å². The molecule has 1 aromatic rings. The van der Waals surface area contributed by atoms with E-state index in [4.69, 9.17) is 0 Å². The van der Waals surface area contributed by atoms with Crippen LogP contribution in [0.25, 0.3) is 0 Å². The van der Waals surface area contributed by atoms with E-state index in [9.17, 15) is 13.6 Å². The van der Waals surface area contributed by atoms with E-state index < -0.39 is 17.7 Å². The quantitative estimate of drug-likeness (QED) is 0.694. The Kier molecular flexibility index (Phi) is 1.99. The van der Waals surface area contributed by atoms with Gasteiger partial charge in [-0.3, -0.25) is 4.99 Å². The Hall–Kier alpha value is -1.78. The number of hydrogen-bond acceptors (Lipinski definition) is 3. The fourth-order valence-electron chi connectivity index (χ4n) is 1.37. The molecule has 1 atom stereocenters. The van der Waals surface area contributed by atoms with Crippen LogP contribution in [-0.2, 0) is 4.79 Å². The van der Waals surface area contributed by atoms with Crippen LogP contribution in [0.3, 0.4) is 0 Å². The van der Waals surface area contributed by atoms with Gasteiger partial charge in [0.1, 0.15) is 24.0 Å². The van der Waals surface area contributed by atoms with Crippen LogP contribution in [0.1, 0.15) is 11.6 Å². The maximum atomic E-state index is 13.3. The number of carbonyl (C=O) groups excluding carboxylic acids is 1. The van der Waals surface area contributed by atoms with Gasteiger partial charge in [0.05, 0.1) is 12.0 Å². The van der Waals surface area contributed by atoms with Crippen LogP contribution in [0.2, 0.25) is 0 Å². The second-order valence-electron chi connectivity index (χ2n) is 2.85. The summed E-state index contributed by atoms with van der Waals surface area (Å²) in [5, 5.41) is 2.58. The average Bonchev–Trinajstić information content (AvgIpc) is 2.16. The fraction of sp³-hybridized carbons (Fsp3) is 0.111. The molecule has 0 aliphatic carbocycles. The van der Waals surface area contributed by atoms with Crippen LogP contribution in [0.5, 0.6) is 0 Å². The lowest BCUT2D eigenvalue weighted by atomic mass is 10.0. The van der Waals surface area contributed by atoms with Gasteiger partial charge < -0.3 is 10.1 Å². The van der Waals surface area contributed by atoms with E-state index in [2.05, 4.69) is 10.3 Å². The number of halogens is 2. The number of aliphatic imine (C=N–C) groups is 1. The highest BCUT2D eigenvalue weighted by molar-refractivity contribution is 5.85. The van der Waals surface area contributed by atoms with Gasteiger partial charge in [-0.2, -0.15) is 0 Å². The topological polar surface area (TPSA) is 41.5 Å². The van der Waals surface area contributed by atoms with Gasteiger partial charge >= 0.3 is 0 Å². The highest BCUT2D eigenvalue weighted by Crippen LogP contribution is 2.30. The van der Waals surface area contributed by atoms with Crippen molar-refractivity contribution in [2.45, 2.75) is 6.04 Å². The fourth-order valence-corrected chi connectivity index (χ4v) is 1.37. The van der Waals surface area contributed by atoms with E-state index in [0.717, 1.165) is 12.1 Å². The summed E-state index contributed by atoms with van der Waals surface area (Å²) < 4.78 is 26.0. The van der Waals surface area contributed by atoms with E-state index in [0.29, 0.717) is 6.29 Å². The number of benzene rings is 1. The van der Waals surface area contributed by atoms with Crippen LogP contribution < -0.4 is 5.32 Å². The standard InChI is InChI=1S/C9H6F2N2O/c10-5-1-6(11)9-7(2-5)12-4-13-8(9)3-14/h1-4,8H,(H,12,13). The van der Waals surface area contributed by atoms with E-state index in [1.54, 1.807) is 0 Å². The number of carbonyl (C=O) groups is 1. The first-order chi connectivity index (χ1) is 6.72. The van der Waals surface area contributed by atoms with Gasteiger partial charge in [-0.15, -0.1) is 0 Å². The largest absolute Gasteiger partial charge is 0.346 e. The maximum absolute atomic E-state index is 13.3. The van der Waals surface area contributed by atoms with Crippen LogP contribution in [0.15, 0.2) is 17.1 Å². The maximum Gasteiger partial charge on any atom is 0.149 e. The number of anilines is 1. The van der Waals surface area contributed by atoms with Gasteiger partial charge in [0.15, 0.2) is 0 Å². The summed E-state index contributed by atoms with van der Waals surface area (Å²) >= 11 is 0. The summed E-state index contributed by atoms with van der Waals surface area (Å²) in [5.74, 6) is -1.45. The van der Waals surface area contributed by atoms with E-state index >= 15 is 0 Å². The number of nitrogens with zero attached hydrogens (tertiary/aromatic N) is 1. The zero-order chi connectivity index (χ0) is 10.1. The molecule has 0 spiro atoms. The van der Waals surface area contributed by atoms with Crippen molar-refractivity contribution in [3.05, 3.63) is 29.3 Å². The van der Waals surface area contributed by atoms with E-state index in [-0.39, 0.29) is 11.3 Å². The molecule has 0 bridgehead atoms. The Labute approximate surface area is 78.5 Å². The smallest absolute Gasteiger partial charge is 0.149 e. The summed E-state index contributed by atoms with van der Waals surface area (Å²) in [4.78, 5) is 14.3. The molecule has 1 aliphatic rings. The molecule has 1 heterocycles. The predicted octanol–water partition coefficient (Wildman–Crippen LogP) is 1.66. The predicted molar refractivity (Wildman–Crippen MR) is 47.3 cm³/mol. The number of hydrogen-bond donors (Lipinski definition) is 1. The highest BCUT2D eigenvalue weighted by Gasteiger charge is 2.21. The molecule has 1 aliphatic heterocycles. The normalized spacial score (nSPS) is 18.6. The van der Waals surface area contributed by atoms with Gasteiger partial charge in [0, 0.05) is 11.6 Å². The zero-order valence-electron chi connectivity index (χ0n) is 7.00. The Balaban J connectivity index is 2.61. The van der Waals surface area contributed by atoms with Crippen molar-refractivity contribution in [1.29, 1.82) is 0 Å². The second kappa shape index (κ2) is 3.17. The molecule has 0 fully saturated rings. The Morgan fingerprint density at radius 1 is 1.43 bits per heavy atom. The molecular formula is C9H6F2N2O. The molecule has 3 nitrogen and oxygen atoms in total. The summed E-state index contributed by atoms with van der Waals surface area (Å²) in [7, 11) is 0. The summed E-state index contributed by atoms with van der Waals surface area (Å²) in [6.45, 7) is 0. The molecule has 0 radical (unpaired) electrons. The van der Waals surface area contributed by atoms with Crippen molar-refractivity contribution in [3.8, 4) is 0 Å². The summed E-state index contributed by atoms with van der Waals surface area (Å²) in [5.41, 5.74) is 0.332. The first-order valence-electron chi connectivity index (χ1n) is 3.95. The minimum Gasteiger partial charge on any atom is -0.346 e. The number of rotatable bonds is 1. The van der Waals surface area contributed by atoms with Crippen LogP contribution in [0, 0.1) is 11.6 Å². The van der Waals surface area contributed by atoms with E-state index in [1.807, 2.05) is 0 Å². The van der Waals surface area contributed by atoms with Gasteiger partial charge in [-0.05, 0) is 6.07 Å². The molecule has 0 aromatic heterocycles. The molecule has 0 saturated heterocycles. The van der Waals surface area contributed by atoms with Crippen LogP contribution in [0.4, 0.5) is 14.5 Å². The first-order valence-corrected chi connectivity index (χ1v) is 3.95. The molecule has 0 amide bonds. The van der Waals surface area contributed by atoms with Gasteiger partial charge in [-0.1, -0.05) is 0 Å². The second-order valence-corrected chi connectivity index (χ2v) is 2.85. The zero-order valence-corrected chi connectivity index (χ0v) is 7.00. The molecule has 1 aromatic carbocycles. The van der Waals surface area contributed by atoms with Crippen molar-refractivity contribution in [1.82, 2.24) is 0 Å². The molecule has 2 rings (SSSR count). The Bertz CT molecular complexity index is 418. The average molecular weight is 196 g/mol. The van der Waals surface area contributed by atoms with E-state index in [1.165, 1.54) is 6.34 Å². The summed E-state index contributed by atoms with van der Waals surface area (Å²) in [6.07, 6.45) is 1.76. The van der Waals surface area contributed by atoms with Gasteiger partial charge in [-0.25, -0.2) is 8.78 Å². The molecule has 1 N–H and O–H groups in total. The number of aldehydes is 1. The van der Waals surface area contributed by atoms with Gasteiger partial charge in [0.2, 0.25) is 0 Å². The monoisotopic (exact) mass is 196 g/mol. The van der Waals surface area contributed by atoms with Crippen LogP contribution in [-0.4, -0.2) is 12.6 Å². The lowest BCUT2D eigenvalue weighted by Crippen LogP contribution is -2.13. The summed E-state index contributed by atoms with van der Waals surface area (Å²) in [6, 6.07) is 0.977. The molecule has 72 valence electrons. The first kappa shape index (κ1) is 8.80. The minimum atomic E-state index is -0.883. The third kappa shape index (κ3) is 1.26. The van der Waals surface area contributed by atoms with Crippen molar-refractivity contribution < 1.29 is 13.6 Å². The molecule has 1 unspecified atom stereocenters. The molecule has 0 saturated carbocycles. The molecule has 5 heteroatoms. The number of fused-ring (bicyclic) bond motifs is 1. The number of nitrogens with one attached hydrogen (secondary N) is 1. The van der Waals surface area contributed by atoms with Crippen molar-refractivity contribution in [3.63, 3.8) is 0 Å². The SMILES string of the molecule is O=CC1N=CNc2cc(F)cc(F)c21. The Morgan fingerprint density at radius 3 is 2.93 bits per heavy atom. The highest BCUT2D eigenvalue weighted by atomic mass is 19.1. The molecular weight excluding hydrogens is 190 g/mol. The lowest BCUT2D eigenvalue weighted by Gasteiger charge is -2.17. The van der Waals surface area contributed by atoms with Crippen LogP contribution >= 0.6 is 0 Å². The van der Waals surface area contributed by atoms with Crippen molar-refractivity contribution in [2.24, 2.45) is 4.99 Å². The minimum absolute atomic E-state index is 0.0869. The third-order valence-corrected chi connectivity index (χ3v) is 1.97. The third-order valence-electron chi connectivity index (χ3n) is 1.97. The Morgan fingerprint density at radius 2 is 2.21 bits per heavy atom. The van der Waals surface area contributed by atoms with Crippen molar-refractivity contribution in [2.75, 3.05) is 5.32 Å². The van der Waals surface area contributed by atoms with Gasteiger partial charge in [0.25, 0.3) is 0 Å².